The van der Waals surface area contributed by atoms with E-state index in [0.29, 0.717) is 15.8 Å². The summed E-state index contributed by atoms with van der Waals surface area (Å²) < 4.78 is 0. The molecule has 1 saturated heterocycles. The Balaban J connectivity index is 1.85. The minimum atomic E-state index is -1.26. The Hall–Kier alpha value is -2.86. The van der Waals surface area contributed by atoms with Crippen LogP contribution in [-0.2, 0) is 11.2 Å². The molecule has 1 heterocycles. The van der Waals surface area contributed by atoms with E-state index in [9.17, 15) is 14.7 Å². The van der Waals surface area contributed by atoms with Crippen LogP contribution in [-0.4, -0.2) is 17.0 Å². The molecule has 1 N–H and O–H groups in total. The van der Waals surface area contributed by atoms with Gasteiger partial charge in [-0.05, 0) is 59.5 Å². The van der Waals surface area contributed by atoms with E-state index in [4.69, 9.17) is 0 Å². The van der Waals surface area contributed by atoms with Gasteiger partial charge < -0.3 is 15.2 Å². The van der Waals surface area contributed by atoms with Crippen molar-refractivity contribution in [2.45, 2.75) is 20.3 Å². The number of hydrogen-bond acceptors (Lipinski definition) is 5. The van der Waals surface area contributed by atoms with E-state index in [0.717, 1.165) is 17.5 Å². The molecular weight excluding hydrogens is 348 g/mol. The molecular formula is C20H17N2O3S-. The van der Waals surface area contributed by atoms with Gasteiger partial charge in [0.05, 0.1) is 16.6 Å². The highest BCUT2D eigenvalue weighted by Gasteiger charge is 2.24. The lowest BCUT2D eigenvalue weighted by atomic mass is 10.1. The zero-order valence-electron chi connectivity index (χ0n) is 14.4. The van der Waals surface area contributed by atoms with Gasteiger partial charge in [-0.1, -0.05) is 43.3 Å². The summed E-state index contributed by atoms with van der Waals surface area (Å²) in [6, 6.07) is 12.6. The van der Waals surface area contributed by atoms with Crippen molar-refractivity contribution in [3.8, 4) is 0 Å². The van der Waals surface area contributed by atoms with Crippen LogP contribution in [0.25, 0.3) is 6.08 Å². The molecule has 1 amide bonds. The third-order valence-electron chi connectivity index (χ3n) is 4.00. The zero-order valence-corrected chi connectivity index (χ0v) is 15.2. The van der Waals surface area contributed by atoms with Crippen LogP contribution in [0.4, 0.5) is 5.69 Å². The first-order valence-corrected chi connectivity index (χ1v) is 8.98. The van der Waals surface area contributed by atoms with Gasteiger partial charge in [-0.15, -0.1) is 0 Å². The zero-order chi connectivity index (χ0) is 18.7. The van der Waals surface area contributed by atoms with Crippen molar-refractivity contribution in [3.05, 3.63) is 69.6 Å². The molecule has 26 heavy (non-hydrogen) atoms. The van der Waals surface area contributed by atoms with Crippen LogP contribution in [0, 0.1) is 6.92 Å². The van der Waals surface area contributed by atoms with E-state index >= 15 is 0 Å². The topological polar surface area (TPSA) is 81.6 Å². The Kier molecular flexibility index (Phi) is 5.23. The molecule has 0 spiro atoms. The smallest absolute Gasteiger partial charge is 0.264 e. The number of carbonyl (C=O) groups excluding carboxylic acids is 2. The lowest BCUT2D eigenvalue weighted by Crippen LogP contribution is -2.22. The second kappa shape index (κ2) is 7.58. The van der Waals surface area contributed by atoms with Crippen molar-refractivity contribution in [1.29, 1.82) is 0 Å². The number of rotatable bonds is 4. The van der Waals surface area contributed by atoms with Crippen LogP contribution < -0.4 is 10.4 Å². The van der Waals surface area contributed by atoms with Gasteiger partial charge in [0.1, 0.15) is 0 Å². The molecule has 3 rings (SSSR count). The lowest BCUT2D eigenvalue weighted by Gasteiger charge is -2.06. The van der Waals surface area contributed by atoms with Gasteiger partial charge >= 0.3 is 0 Å². The fourth-order valence-electron chi connectivity index (χ4n) is 2.45. The van der Waals surface area contributed by atoms with E-state index in [2.05, 4.69) is 17.2 Å². The van der Waals surface area contributed by atoms with Crippen molar-refractivity contribution in [2.24, 2.45) is 4.99 Å². The van der Waals surface area contributed by atoms with Crippen molar-refractivity contribution < 1.29 is 14.7 Å². The van der Waals surface area contributed by atoms with Crippen LogP contribution in [0.15, 0.2) is 52.4 Å². The average Bonchev–Trinajstić information content (AvgIpc) is 2.96. The van der Waals surface area contributed by atoms with Gasteiger partial charge in [0, 0.05) is 0 Å². The van der Waals surface area contributed by atoms with Gasteiger partial charge in [0.15, 0.2) is 5.17 Å². The third-order valence-corrected chi connectivity index (χ3v) is 4.91. The normalized spacial score (nSPS) is 16.9. The lowest BCUT2D eigenvalue weighted by molar-refractivity contribution is -0.255. The van der Waals surface area contributed by atoms with E-state index in [1.807, 2.05) is 37.3 Å². The summed E-state index contributed by atoms with van der Waals surface area (Å²) in [5.74, 6) is -1.48. The van der Waals surface area contributed by atoms with E-state index in [1.165, 1.54) is 29.5 Å². The first kappa shape index (κ1) is 17.9. The van der Waals surface area contributed by atoms with Crippen LogP contribution in [0.2, 0.25) is 0 Å². The summed E-state index contributed by atoms with van der Waals surface area (Å²) >= 11 is 1.23. The summed E-state index contributed by atoms with van der Waals surface area (Å²) in [4.78, 5) is 28.1. The summed E-state index contributed by atoms with van der Waals surface area (Å²) in [6.07, 6.45) is 2.78. The molecule has 0 atom stereocenters. The van der Waals surface area contributed by atoms with Gasteiger partial charge in [-0.25, -0.2) is 4.99 Å². The molecule has 0 aliphatic carbocycles. The quantitative estimate of drug-likeness (QED) is 0.845. The summed E-state index contributed by atoms with van der Waals surface area (Å²) in [7, 11) is 0. The molecule has 1 aliphatic rings. The maximum atomic E-state index is 12.2. The molecule has 0 unspecified atom stereocenters. The number of amidine groups is 1. The number of carbonyl (C=O) groups is 2. The number of benzene rings is 2. The van der Waals surface area contributed by atoms with Gasteiger partial charge in [0.2, 0.25) is 0 Å². The Labute approximate surface area is 155 Å². The van der Waals surface area contributed by atoms with Crippen LogP contribution in [0.1, 0.15) is 34.0 Å². The number of hydrogen-bond donors (Lipinski definition) is 1. The van der Waals surface area contributed by atoms with Crippen molar-refractivity contribution in [2.75, 3.05) is 0 Å². The van der Waals surface area contributed by atoms with Crippen LogP contribution in [0.3, 0.4) is 0 Å². The molecule has 132 valence electrons. The van der Waals surface area contributed by atoms with Crippen molar-refractivity contribution in [1.82, 2.24) is 5.32 Å². The minimum absolute atomic E-state index is 0.0519. The summed E-state index contributed by atoms with van der Waals surface area (Å²) in [5.41, 5.74) is 3.53. The monoisotopic (exact) mass is 365 g/mol. The predicted molar refractivity (Wildman–Crippen MR) is 102 cm³/mol. The largest absolute Gasteiger partial charge is 0.545 e. The highest BCUT2D eigenvalue weighted by molar-refractivity contribution is 8.18. The van der Waals surface area contributed by atoms with Crippen LogP contribution >= 0.6 is 11.8 Å². The molecule has 0 bridgehead atoms. The second-order valence-corrected chi connectivity index (χ2v) is 6.90. The number of carboxylic acids is 1. The highest BCUT2D eigenvalue weighted by atomic mass is 32.2. The predicted octanol–water partition coefficient (Wildman–Crippen LogP) is 2.81. The molecule has 0 saturated carbocycles. The van der Waals surface area contributed by atoms with Crippen LogP contribution in [0.5, 0.6) is 0 Å². The second-order valence-electron chi connectivity index (χ2n) is 5.87. The average molecular weight is 365 g/mol. The molecule has 5 nitrogen and oxygen atoms in total. The molecule has 1 aliphatic heterocycles. The number of carboxylic acid groups (broad SMARTS) is 1. The molecule has 6 heteroatoms. The maximum Gasteiger partial charge on any atom is 0.264 e. The Morgan fingerprint density at radius 2 is 1.96 bits per heavy atom. The number of aryl methyl sites for hydroxylation is 2. The Bertz CT molecular complexity index is 931. The van der Waals surface area contributed by atoms with Gasteiger partial charge in [0.25, 0.3) is 5.91 Å². The Morgan fingerprint density at radius 3 is 2.62 bits per heavy atom. The van der Waals surface area contributed by atoms with Crippen molar-refractivity contribution >= 4 is 40.6 Å². The SMILES string of the molecule is CCc1ccc(/C=C2\SC(=Nc3cc(C(=O)[O-])ccc3C)NC2=O)cc1. The number of nitrogens with one attached hydrogen (secondary N) is 1. The number of amides is 1. The number of thioether (sulfide) groups is 1. The fraction of sp³-hybridized carbons (Fsp3) is 0.150. The molecule has 0 radical (unpaired) electrons. The van der Waals surface area contributed by atoms with Gasteiger partial charge in [-0.3, -0.25) is 4.79 Å². The summed E-state index contributed by atoms with van der Waals surface area (Å²) in [5, 5.41) is 14.1. The molecule has 2 aromatic rings. The fourth-order valence-corrected chi connectivity index (χ4v) is 3.28. The standard InChI is InChI=1S/C20H18N2O3S/c1-3-13-5-7-14(8-6-13)10-17-18(23)22-20(26-17)21-16-11-15(19(24)25)9-4-12(16)2/h4-11H,3H2,1-2H3,(H,24,25)(H,21,22,23)/p-1/b17-10-. The first-order valence-electron chi connectivity index (χ1n) is 8.17. The number of aromatic carboxylic acids is 1. The highest BCUT2D eigenvalue weighted by Crippen LogP contribution is 2.29. The van der Waals surface area contributed by atoms with E-state index < -0.39 is 5.97 Å². The Morgan fingerprint density at radius 1 is 1.23 bits per heavy atom. The minimum Gasteiger partial charge on any atom is -0.545 e. The van der Waals surface area contributed by atoms with Gasteiger partial charge in [-0.2, -0.15) is 0 Å². The summed E-state index contributed by atoms with van der Waals surface area (Å²) in [6.45, 7) is 3.92. The first-order chi connectivity index (χ1) is 12.5. The third kappa shape index (κ3) is 4.03. The number of aliphatic imine (C=N–C) groups is 1. The maximum absolute atomic E-state index is 12.2. The van der Waals surface area contributed by atoms with E-state index in [1.54, 1.807) is 6.07 Å². The molecule has 2 aromatic carbocycles. The molecule has 0 aromatic heterocycles. The molecule has 1 fully saturated rings. The van der Waals surface area contributed by atoms with Crippen molar-refractivity contribution in [3.63, 3.8) is 0 Å². The number of nitrogens with zero attached hydrogens (tertiary/aromatic N) is 1. The van der Waals surface area contributed by atoms with E-state index in [-0.39, 0.29) is 11.5 Å².